The minimum Gasteiger partial charge on any atom is -0.488 e. The first-order valence-corrected chi connectivity index (χ1v) is 6.59. The van der Waals surface area contributed by atoms with Gasteiger partial charge in [-0.3, -0.25) is 4.98 Å². The van der Waals surface area contributed by atoms with Gasteiger partial charge in [-0.15, -0.1) is 0 Å². The Morgan fingerprint density at radius 3 is 3.21 bits per heavy atom. The number of nitrogens with zero attached hydrogens (tertiary/aromatic N) is 2. The molecule has 19 heavy (non-hydrogen) atoms. The van der Waals surface area contributed by atoms with Gasteiger partial charge < -0.3 is 20.0 Å². The Balaban J connectivity index is 1.75. The van der Waals surface area contributed by atoms with Gasteiger partial charge in [-0.1, -0.05) is 5.16 Å². The number of oxime groups is 1. The topological polar surface area (TPSA) is 96.0 Å². The number of halogens is 1. The largest absolute Gasteiger partial charge is 0.488 e. The molecule has 0 aromatic carbocycles. The van der Waals surface area contributed by atoms with E-state index in [0.29, 0.717) is 18.7 Å². The van der Waals surface area contributed by atoms with E-state index in [4.69, 9.17) is 15.3 Å². The van der Waals surface area contributed by atoms with E-state index in [9.17, 15) is 4.79 Å². The fraction of sp³-hybridized carbons (Fsp3) is 0.364. The fourth-order valence-corrected chi connectivity index (χ4v) is 1.97. The van der Waals surface area contributed by atoms with Crippen molar-refractivity contribution in [2.75, 3.05) is 13.2 Å². The lowest BCUT2D eigenvalue weighted by atomic mass is 10.2. The van der Waals surface area contributed by atoms with E-state index in [-0.39, 0.29) is 12.7 Å². The number of carbonyl (C=O) groups is 1. The first-order valence-electron chi connectivity index (χ1n) is 5.51. The number of hydrogen-bond acceptors (Lipinski definition) is 6. The van der Waals surface area contributed by atoms with Crippen LogP contribution in [0.2, 0.25) is 0 Å². The maximum atomic E-state index is 10.5. The molecule has 1 unspecified atom stereocenters. The second kappa shape index (κ2) is 6.55. The summed E-state index contributed by atoms with van der Waals surface area (Å²) in [5.41, 5.74) is 5.50. The SMILES string of the molecule is NC(=O)OCC1=NOC(COc2ccncc2I)C1. The number of nitrogens with two attached hydrogens (primary N) is 1. The van der Waals surface area contributed by atoms with Crippen LogP contribution in [0.25, 0.3) is 0 Å². The van der Waals surface area contributed by atoms with Crippen LogP contribution < -0.4 is 10.5 Å². The molecular formula is C11H12IN3O4. The van der Waals surface area contributed by atoms with Gasteiger partial charge in [0.25, 0.3) is 0 Å². The number of ether oxygens (including phenoxy) is 2. The van der Waals surface area contributed by atoms with Gasteiger partial charge in [0.05, 0.1) is 9.28 Å². The van der Waals surface area contributed by atoms with Gasteiger partial charge >= 0.3 is 6.09 Å². The van der Waals surface area contributed by atoms with Crippen LogP contribution in [0.1, 0.15) is 6.42 Å². The Morgan fingerprint density at radius 2 is 2.47 bits per heavy atom. The summed E-state index contributed by atoms with van der Waals surface area (Å²) in [6.45, 7) is 0.419. The lowest BCUT2D eigenvalue weighted by Gasteiger charge is -2.11. The van der Waals surface area contributed by atoms with Crippen LogP contribution in [0, 0.1) is 3.57 Å². The molecule has 0 fully saturated rings. The minimum atomic E-state index is -0.825. The minimum absolute atomic E-state index is 0.0542. The molecule has 1 aromatic rings. The van der Waals surface area contributed by atoms with Crippen LogP contribution in [0.5, 0.6) is 5.75 Å². The number of pyridine rings is 1. The molecule has 0 saturated heterocycles. The molecule has 1 aromatic heterocycles. The third-order valence-electron chi connectivity index (χ3n) is 2.34. The van der Waals surface area contributed by atoms with Crippen molar-refractivity contribution in [3.63, 3.8) is 0 Å². The maximum absolute atomic E-state index is 10.5. The summed E-state index contributed by atoms with van der Waals surface area (Å²) in [6, 6.07) is 1.79. The van der Waals surface area contributed by atoms with Crippen LogP contribution in [-0.4, -0.2) is 36.1 Å². The zero-order valence-electron chi connectivity index (χ0n) is 9.91. The number of primary amides is 1. The molecular weight excluding hydrogens is 365 g/mol. The van der Waals surface area contributed by atoms with E-state index in [2.05, 4.69) is 37.5 Å². The number of hydrogen-bond donors (Lipinski definition) is 1. The van der Waals surface area contributed by atoms with E-state index in [1.165, 1.54) is 0 Å². The Kier molecular flexibility index (Phi) is 4.77. The summed E-state index contributed by atoms with van der Waals surface area (Å²) in [7, 11) is 0. The molecule has 1 amide bonds. The fourth-order valence-electron chi connectivity index (χ4n) is 1.48. The molecule has 102 valence electrons. The molecule has 2 rings (SSSR count). The monoisotopic (exact) mass is 377 g/mol. The summed E-state index contributed by atoms with van der Waals surface area (Å²) < 4.78 is 11.2. The molecule has 0 aliphatic carbocycles. The predicted molar refractivity (Wildman–Crippen MR) is 74.9 cm³/mol. The lowest BCUT2D eigenvalue weighted by molar-refractivity contribution is 0.0468. The summed E-state index contributed by atoms with van der Waals surface area (Å²) in [5.74, 6) is 0.751. The Morgan fingerprint density at radius 1 is 1.63 bits per heavy atom. The number of rotatable bonds is 5. The van der Waals surface area contributed by atoms with Crippen molar-refractivity contribution in [1.29, 1.82) is 0 Å². The Hall–Kier alpha value is -1.58. The van der Waals surface area contributed by atoms with Crippen LogP contribution in [-0.2, 0) is 9.57 Å². The lowest BCUT2D eigenvalue weighted by Crippen LogP contribution is -2.22. The van der Waals surface area contributed by atoms with E-state index < -0.39 is 6.09 Å². The summed E-state index contributed by atoms with van der Waals surface area (Å²) >= 11 is 2.14. The van der Waals surface area contributed by atoms with E-state index in [1.54, 1.807) is 18.5 Å². The molecule has 0 spiro atoms. The summed E-state index contributed by atoms with van der Waals surface area (Å²) in [6.07, 6.45) is 2.92. The summed E-state index contributed by atoms with van der Waals surface area (Å²) in [4.78, 5) is 19.6. The second-order valence-corrected chi connectivity index (χ2v) is 4.98. The molecule has 1 aliphatic rings. The normalized spacial score (nSPS) is 17.5. The van der Waals surface area contributed by atoms with Crippen molar-refractivity contribution in [2.24, 2.45) is 10.9 Å². The third-order valence-corrected chi connectivity index (χ3v) is 3.15. The third kappa shape index (κ3) is 4.23. The molecule has 0 bridgehead atoms. The highest BCUT2D eigenvalue weighted by Gasteiger charge is 2.22. The standard InChI is InChI=1S/C11H12IN3O4/c12-9-4-14-2-1-10(9)17-6-8-3-7(15-19-8)5-18-11(13)16/h1-2,4,8H,3,5-6H2,(H2,13,16). The van der Waals surface area contributed by atoms with Crippen LogP contribution >= 0.6 is 22.6 Å². The van der Waals surface area contributed by atoms with E-state index in [0.717, 1.165) is 9.32 Å². The van der Waals surface area contributed by atoms with Crippen molar-refractivity contribution >= 4 is 34.4 Å². The van der Waals surface area contributed by atoms with E-state index >= 15 is 0 Å². The second-order valence-electron chi connectivity index (χ2n) is 3.81. The van der Waals surface area contributed by atoms with E-state index in [1.807, 2.05) is 0 Å². The van der Waals surface area contributed by atoms with Gasteiger partial charge in [0, 0.05) is 18.8 Å². The predicted octanol–water partition coefficient (Wildman–Crippen LogP) is 1.31. The highest BCUT2D eigenvalue weighted by Crippen LogP contribution is 2.20. The van der Waals surface area contributed by atoms with Crippen molar-refractivity contribution in [3.8, 4) is 5.75 Å². The molecule has 1 atom stereocenters. The smallest absolute Gasteiger partial charge is 0.404 e. The Labute approximate surface area is 123 Å². The molecule has 1 aliphatic heterocycles. The number of aromatic nitrogens is 1. The number of amides is 1. The van der Waals surface area contributed by atoms with Gasteiger partial charge in [-0.2, -0.15) is 0 Å². The molecule has 0 radical (unpaired) electrons. The maximum Gasteiger partial charge on any atom is 0.404 e. The average molecular weight is 377 g/mol. The zero-order valence-corrected chi connectivity index (χ0v) is 12.1. The van der Waals surface area contributed by atoms with Crippen molar-refractivity contribution in [1.82, 2.24) is 4.98 Å². The van der Waals surface area contributed by atoms with Crippen LogP contribution in [0.4, 0.5) is 4.79 Å². The van der Waals surface area contributed by atoms with Crippen LogP contribution in [0.15, 0.2) is 23.6 Å². The highest BCUT2D eigenvalue weighted by molar-refractivity contribution is 14.1. The van der Waals surface area contributed by atoms with Gasteiger partial charge in [0.15, 0.2) is 6.10 Å². The molecule has 8 heteroatoms. The summed E-state index contributed by atoms with van der Waals surface area (Å²) in [5, 5.41) is 3.81. The molecule has 2 N–H and O–H groups in total. The van der Waals surface area contributed by atoms with Crippen molar-refractivity contribution in [2.45, 2.75) is 12.5 Å². The molecule has 0 saturated carbocycles. The van der Waals surface area contributed by atoms with Gasteiger partial charge in [0.1, 0.15) is 19.0 Å². The molecule has 7 nitrogen and oxygen atoms in total. The Bertz CT molecular complexity index is 495. The van der Waals surface area contributed by atoms with Crippen molar-refractivity contribution < 1.29 is 19.1 Å². The molecule has 2 heterocycles. The van der Waals surface area contributed by atoms with Gasteiger partial charge in [-0.05, 0) is 28.7 Å². The number of carbonyl (C=O) groups excluding carboxylic acids is 1. The first kappa shape index (κ1) is 13.8. The van der Waals surface area contributed by atoms with Gasteiger partial charge in [-0.25, -0.2) is 4.79 Å². The average Bonchev–Trinajstić information content (AvgIpc) is 2.83. The highest BCUT2D eigenvalue weighted by atomic mass is 127. The van der Waals surface area contributed by atoms with Crippen LogP contribution in [0.3, 0.4) is 0 Å². The van der Waals surface area contributed by atoms with Crippen molar-refractivity contribution in [3.05, 3.63) is 22.0 Å². The first-order chi connectivity index (χ1) is 9.15. The zero-order chi connectivity index (χ0) is 13.7. The van der Waals surface area contributed by atoms with Gasteiger partial charge in [0.2, 0.25) is 0 Å². The quantitative estimate of drug-likeness (QED) is 0.781.